The molecule has 1 fully saturated rings. The number of ketones is 2. The number of aliphatic hydroxyl groups excluding tert-OH is 2. The molecule has 3 aliphatic carbocycles. The van der Waals surface area contributed by atoms with Gasteiger partial charge in [0.1, 0.15) is 18.0 Å². The van der Waals surface area contributed by atoms with Gasteiger partial charge in [0, 0.05) is 35.0 Å². The van der Waals surface area contributed by atoms with E-state index in [1.54, 1.807) is 13.8 Å². The highest BCUT2D eigenvalue weighted by atomic mass is 16.6. The minimum absolute atomic E-state index is 0.0153. The Morgan fingerprint density at radius 3 is 2.29 bits per heavy atom. The van der Waals surface area contributed by atoms with Crippen LogP contribution in [0.15, 0.2) is 22.5 Å². The van der Waals surface area contributed by atoms with E-state index >= 15 is 0 Å². The molecule has 0 unspecified atom stereocenters. The molecule has 1 saturated carbocycles. The van der Waals surface area contributed by atoms with Gasteiger partial charge in [-0.05, 0) is 24.2 Å². The Morgan fingerprint density at radius 1 is 1.14 bits per heavy atom. The molecule has 0 saturated heterocycles. The second-order valence-electron chi connectivity index (χ2n) is 9.62. The Kier molecular flexibility index (Phi) is 4.86. The molecule has 6 heteroatoms. The predicted octanol–water partition coefficient (Wildman–Crippen LogP) is 3.04. The average molecular weight is 390 g/mol. The second-order valence-corrected chi connectivity index (χ2v) is 9.62. The number of aliphatic hydroxyl groups is 2. The maximum absolute atomic E-state index is 13.2. The van der Waals surface area contributed by atoms with Gasteiger partial charge in [-0.3, -0.25) is 14.4 Å². The van der Waals surface area contributed by atoms with Crippen molar-refractivity contribution >= 4 is 17.5 Å². The average Bonchev–Trinajstić information content (AvgIpc) is 2.54. The van der Waals surface area contributed by atoms with Gasteiger partial charge in [0.05, 0.1) is 0 Å². The van der Waals surface area contributed by atoms with E-state index in [1.165, 1.54) is 6.92 Å². The maximum Gasteiger partial charge on any atom is 0.303 e. The highest BCUT2D eigenvalue weighted by Gasteiger charge is 2.62. The van der Waals surface area contributed by atoms with Crippen LogP contribution < -0.4 is 0 Å². The summed E-state index contributed by atoms with van der Waals surface area (Å²) >= 11 is 0. The SMILES string of the molecule is CC(=O)O[C@@H]1[C@@H](O)C2=C(C(=O)C(=O)C(C(C)C)=C2O)[C@@]2(C)CCCC(C)(C)[C@H]12. The van der Waals surface area contributed by atoms with Crippen molar-refractivity contribution in [2.45, 2.75) is 73.0 Å². The van der Waals surface area contributed by atoms with Crippen molar-refractivity contribution in [1.82, 2.24) is 0 Å². The summed E-state index contributed by atoms with van der Waals surface area (Å²) in [6, 6.07) is 0. The predicted molar refractivity (Wildman–Crippen MR) is 102 cm³/mol. The van der Waals surface area contributed by atoms with Gasteiger partial charge in [-0.1, -0.05) is 41.0 Å². The van der Waals surface area contributed by atoms with Gasteiger partial charge >= 0.3 is 5.97 Å². The molecule has 6 nitrogen and oxygen atoms in total. The standard InChI is InChI=1S/C22H30O6/c1-10(2)12-15(24)13-14(18(27)16(12)25)22(6)9-7-8-21(4,5)20(22)19(17(13)26)28-11(3)23/h10,17,19-20,24,26H,7-9H2,1-6H3/t17-,19+,20-,22+/m0/s1. The van der Waals surface area contributed by atoms with Gasteiger partial charge in [0.15, 0.2) is 0 Å². The molecule has 0 aliphatic heterocycles. The molecular weight excluding hydrogens is 360 g/mol. The molecule has 0 radical (unpaired) electrons. The number of rotatable bonds is 2. The monoisotopic (exact) mass is 390 g/mol. The van der Waals surface area contributed by atoms with E-state index in [2.05, 4.69) is 0 Å². The summed E-state index contributed by atoms with van der Waals surface area (Å²) < 4.78 is 5.58. The van der Waals surface area contributed by atoms with Crippen molar-refractivity contribution < 1.29 is 29.3 Å². The zero-order chi connectivity index (χ0) is 21.2. The minimum Gasteiger partial charge on any atom is -0.507 e. The Labute approximate surface area is 165 Å². The quantitative estimate of drug-likeness (QED) is 0.427. The van der Waals surface area contributed by atoms with E-state index in [-0.39, 0.29) is 39.7 Å². The van der Waals surface area contributed by atoms with E-state index < -0.39 is 35.2 Å². The van der Waals surface area contributed by atoms with Gasteiger partial charge in [-0.25, -0.2) is 0 Å². The molecule has 0 spiro atoms. The molecule has 0 aromatic carbocycles. The molecular formula is C22H30O6. The van der Waals surface area contributed by atoms with E-state index in [0.717, 1.165) is 12.8 Å². The molecule has 2 N–H and O–H groups in total. The third-order valence-corrected chi connectivity index (χ3v) is 6.89. The van der Waals surface area contributed by atoms with Crippen LogP contribution >= 0.6 is 0 Å². The highest BCUT2D eigenvalue weighted by molar-refractivity contribution is 6.50. The lowest BCUT2D eigenvalue weighted by atomic mass is 9.47. The van der Waals surface area contributed by atoms with Crippen LogP contribution in [0.25, 0.3) is 0 Å². The highest BCUT2D eigenvalue weighted by Crippen LogP contribution is 2.61. The fraction of sp³-hybridized carbons (Fsp3) is 0.682. The number of carbonyl (C=O) groups excluding carboxylic acids is 3. The van der Waals surface area contributed by atoms with Crippen molar-refractivity contribution in [2.24, 2.45) is 22.7 Å². The number of allylic oxidation sites excluding steroid dienone is 2. The molecule has 3 aliphatic rings. The number of hydrogen-bond acceptors (Lipinski definition) is 6. The van der Waals surface area contributed by atoms with Crippen molar-refractivity contribution in [3.63, 3.8) is 0 Å². The summed E-state index contributed by atoms with van der Waals surface area (Å²) in [6.07, 6.45) is 0.0473. The Bertz CT molecular complexity index is 815. The van der Waals surface area contributed by atoms with Crippen LogP contribution in [0.3, 0.4) is 0 Å². The van der Waals surface area contributed by atoms with Gasteiger partial charge in [0.2, 0.25) is 11.6 Å². The maximum atomic E-state index is 13.2. The molecule has 154 valence electrons. The number of ether oxygens (including phenoxy) is 1. The topological polar surface area (TPSA) is 101 Å². The Morgan fingerprint density at radius 2 is 1.75 bits per heavy atom. The first-order chi connectivity index (χ1) is 12.8. The molecule has 28 heavy (non-hydrogen) atoms. The van der Waals surface area contributed by atoms with E-state index in [0.29, 0.717) is 6.42 Å². The first-order valence-electron chi connectivity index (χ1n) is 9.97. The molecule has 3 rings (SSSR count). The van der Waals surface area contributed by atoms with Crippen molar-refractivity contribution in [3.05, 3.63) is 22.5 Å². The van der Waals surface area contributed by atoms with Crippen LogP contribution in [0.2, 0.25) is 0 Å². The fourth-order valence-corrected chi connectivity index (χ4v) is 5.96. The van der Waals surface area contributed by atoms with E-state index in [1.807, 2.05) is 20.8 Å². The number of fused-ring (bicyclic) bond motifs is 2. The van der Waals surface area contributed by atoms with Gasteiger partial charge in [-0.2, -0.15) is 0 Å². The zero-order valence-corrected chi connectivity index (χ0v) is 17.5. The smallest absolute Gasteiger partial charge is 0.303 e. The summed E-state index contributed by atoms with van der Waals surface area (Å²) in [7, 11) is 0. The zero-order valence-electron chi connectivity index (χ0n) is 17.5. The summed E-state index contributed by atoms with van der Waals surface area (Å²) in [4.78, 5) is 37.8. The lowest BCUT2D eigenvalue weighted by molar-refractivity contribution is -0.174. The molecule has 0 amide bonds. The number of hydrogen-bond donors (Lipinski definition) is 2. The lowest BCUT2D eigenvalue weighted by Gasteiger charge is -2.58. The molecule has 4 atom stereocenters. The van der Waals surface area contributed by atoms with Crippen LogP contribution in [0.4, 0.5) is 0 Å². The van der Waals surface area contributed by atoms with Gasteiger partial charge < -0.3 is 14.9 Å². The normalized spacial score (nSPS) is 35.1. The van der Waals surface area contributed by atoms with Crippen LogP contribution in [-0.4, -0.2) is 40.0 Å². The molecule has 0 aromatic rings. The van der Waals surface area contributed by atoms with Gasteiger partial charge in [-0.15, -0.1) is 0 Å². The Hall–Kier alpha value is -1.95. The molecule has 0 bridgehead atoms. The van der Waals surface area contributed by atoms with Crippen LogP contribution in [0.1, 0.15) is 60.8 Å². The van der Waals surface area contributed by atoms with Crippen LogP contribution in [-0.2, 0) is 19.1 Å². The first-order valence-corrected chi connectivity index (χ1v) is 9.97. The third kappa shape index (κ3) is 2.76. The number of Topliss-reactive ketones (excluding diaryl/α,β-unsaturated/α-hetero) is 2. The third-order valence-electron chi connectivity index (χ3n) is 6.89. The lowest BCUT2D eigenvalue weighted by Crippen LogP contribution is -2.60. The van der Waals surface area contributed by atoms with Gasteiger partial charge in [0.25, 0.3) is 0 Å². The van der Waals surface area contributed by atoms with Crippen molar-refractivity contribution in [2.75, 3.05) is 0 Å². The summed E-state index contributed by atoms with van der Waals surface area (Å²) in [6.45, 7) is 10.7. The largest absolute Gasteiger partial charge is 0.507 e. The van der Waals surface area contributed by atoms with E-state index in [9.17, 15) is 24.6 Å². The molecule has 0 heterocycles. The minimum atomic E-state index is -1.36. The molecule has 0 aromatic heterocycles. The first kappa shape index (κ1) is 20.8. The van der Waals surface area contributed by atoms with Crippen molar-refractivity contribution in [1.29, 1.82) is 0 Å². The van der Waals surface area contributed by atoms with Crippen LogP contribution in [0.5, 0.6) is 0 Å². The summed E-state index contributed by atoms with van der Waals surface area (Å²) in [5.74, 6) is -2.94. The Balaban J connectivity index is 2.34. The fourth-order valence-electron chi connectivity index (χ4n) is 5.96. The second kappa shape index (κ2) is 6.55. The number of esters is 1. The van der Waals surface area contributed by atoms with Crippen LogP contribution in [0, 0.1) is 22.7 Å². The summed E-state index contributed by atoms with van der Waals surface area (Å²) in [5, 5.41) is 22.1. The van der Waals surface area contributed by atoms with E-state index in [4.69, 9.17) is 4.74 Å². The van der Waals surface area contributed by atoms with Crippen molar-refractivity contribution in [3.8, 4) is 0 Å². The number of carbonyl (C=O) groups is 3. The summed E-state index contributed by atoms with van der Waals surface area (Å²) in [5.41, 5.74) is -0.821.